The van der Waals surface area contributed by atoms with E-state index in [4.69, 9.17) is 9.47 Å². The molecule has 0 unspecified atom stereocenters. The third kappa shape index (κ3) is 3.77. The molecule has 0 aliphatic rings. The van der Waals surface area contributed by atoms with Crippen molar-refractivity contribution in [2.45, 2.75) is 13.8 Å². The van der Waals surface area contributed by atoms with Crippen LogP contribution in [0.25, 0.3) is 0 Å². The van der Waals surface area contributed by atoms with E-state index < -0.39 is 0 Å². The van der Waals surface area contributed by atoms with Crippen LogP contribution >= 0.6 is 0 Å². The minimum absolute atomic E-state index is 0.108. The van der Waals surface area contributed by atoms with Crippen LogP contribution < -0.4 is 9.47 Å². The van der Waals surface area contributed by atoms with E-state index in [0.29, 0.717) is 11.5 Å². The maximum Gasteiger partial charge on any atom is 0.133 e. The fraction of sp³-hybridized carbons (Fsp3) is 0.167. The van der Waals surface area contributed by atoms with Gasteiger partial charge < -0.3 is 14.6 Å². The Hall–Kier alpha value is -1.90. The third-order valence-corrected chi connectivity index (χ3v) is 1.55. The second-order valence-corrected chi connectivity index (χ2v) is 2.84. The number of hydrogen-bond acceptors (Lipinski definition) is 3. The van der Waals surface area contributed by atoms with Crippen molar-refractivity contribution in [3.05, 3.63) is 42.9 Å². The van der Waals surface area contributed by atoms with E-state index in [9.17, 15) is 5.11 Å². The fourth-order valence-corrected chi connectivity index (χ4v) is 0.986. The Morgan fingerprint density at radius 3 is 1.80 bits per heavy atom. The maximum atomic E-state index is 9.38. The molecule has 0 saturated carbocycles. The highest BCUT2D eigenvalue weighted by Crippen LogP contribution is 2.27. The fourth-order valence-electron chi connectivity index (χ4n) is 0.986. The monoisotopic (exact) mass is 206 g/mol. The molecule has 0 saturated heterocycles. The standard InChI is InChI=1S/C12H14O3/c1-3-5-14-11-7-10(13)8-12(9-11)15-6-4-2/h3-9,13H,1-2H3. The van der Waals surface area contributed by atoms with Crippen molar-refractivity contribution in [2.75, 3.05) is 0 Å². The zero-order valence-corrected chi connectivity index (χ0v) is 8.81. The highest BCUT2D eigenvalue weighted by molar-refractivity contribution is 5.41. The minimum Gasteiger partial charge on any atom is -0.508 e. The maximum absolute atomic E-state index is 9.38. The number of phenols is 1. The average Bonchev–Trinajstić information content (AvgIpc) is 2.23. The van der Waals surface area contributed by atoms with Gasteiger partial charge in [0.05, 0.1) is 12.5 Å². The number of rotatable bonds is 4. The van der Waals surface area contributed by atoms with Crippen LogP contribution in [0, 0.1) is 0 Å². The van der Waals surface area contributed by atoms with Crippen molar-refractivity contribution in [2.24, 2.45) is 0 Å². The summed E-state index contributed by atoms with van der Waals surface area (Å²) in [5.41, 5.74) is 0. The minimum atomic E-state index is 0.108. The Balaban J connectivity index is 2.84. The third-order valence-electron chi connectivity index (χ3n) is 1.55. The average molecular weight is 206 g/mol. The summed E-state index contributed by atoms with van der Waals surface area (Å²) in [4.78, 5) is 0. The van der Waals surface area contributed by atoms with Gasteiger partial charge in [-0.2, -0.15) is 0 Å². The van der Waals surface area contributed by atoms with Crippen molar-refractivity contribution in [3.8, 4) is 17.2 Å². The van der Waals surface area contributed by atoms with Crippen molar-refractivity contribution < 1.29 is 14.6 Å². The van der Waals surface area contributed by atoms with Gasteiger partial charge in [-0.15, -0.1) is 0 Å². The van der Waals surface area contributed by atoms with Crippen LogP contribution in [0.1, 0.15) is 13.8 Å². The van der Waals surface area contributed by atoms with Crippen molar-refractivity contribution in [1.82, 2.24) is 0 Å². The van der Waals surface area contributed by atoms with Gasteiger partial charge in [0.2, 0.25) is 0 Å². The molecule has 0 aliphatic carbocycles. The summed E-state index contributed by atoms with van der Waals surface area (Å²) >= 11 is 0. The molecule has 0 amide bonds. The van der Waals surface area contributed by atoms with E-state index in [1.54, 1.807) is 18.2 Å². The Morgan fingerprint density at radius 1 is 0.933 bits per heavy atom. The van der Waals surface area contributed by atoms with E-state index in [2.05, 4.69) is 0 Å². The van der Waals surface area contributed by atoms with E-state index in [0.717, 1.165) is 0 Å². The molecule has 1 N–H and O–H groups in total. The lowest BCUT2D eigenvalue weighted by Crippen LogP contribution is -1.85. The summed E-state index contributed by atoms with van der Waals surface area (Å²) in [5, 5.41) is 9.38. The first-order chi connectivity index (χ1) is 7.26. The van der Waals surface area contributed by atoms with Crippen LogP contribution in [0.15, 0.2) is 42.9 Å². The molecular weight excluding hydrogens is 192 g/mol. The van der Waals surface area contributed by atoms with Gasteiger partial charge in [-0.05, 0) is 13.8 Å². The largest absolute Gasteiger partial charge is 0.508 e. The van der Waals surface area contributed by atoms with Gasteiger partial charge in [-0.1, -0.05) is 12.2 Å². The van der Waals surface area contributed by atoms with Crippen LogP contribution in [-0.2, 0) is 0 Å². The topological polar surface area (TPSA) is 38.7 Å². The Labute approximate surface area is 89.3 Å². The SMILES string of the molecule is CC=COc1cc(O)cc(OC=CC)c1. The molecule has 0 spiro atoms. The molecule has 3 heteroatoms. The van der Waals surface area contributed by atoms with Gasteiger partial charge >= 0.3 is 0 Å². The smallest absolute Gasteiger partial charge is 0.133 e. The van der Waals surface area contributed by atoms with Crippen molar-refractivity contribution in [3.63, 3.8) is 0 Å². The van der Waals surface area contributed by atoms with Crippen LogP contribution in [0.3, 0.4) is 0 Å². The molecule has 15 heavy (non-hydrogen) atoms. The van der Waals surface area contributed by atoms with Crippen LogP contribution in [0.5, 0.6) is 17.2 Å². The van der Waals surface area contributed by atoms with E-state index in [1.165, 1.54) is 24.7 Å². The number of hydrogen-bond donors (Lipinski definition) is 1. The summed E-state index contributed by atoms with van der Waals surface area (Å²) in [7, 11) is 0. The van der Waals surface area contributed by atoms with E-state index in [1.807, 2.05) is 13.8 Å². The molecule has 0 aromatic heterocycles. The summed E-state index contributed by atoms with van der Waals surface area (Å²) in [6.07, 6.45) is 6.59. The van der Waals surface area contributed by atoms with E-state index >= 15 is 0 Å². The first kappa shape index (κ1) is 11.2. The summed E-state index contributed by atoms with van der Waals surface area (Å²) < 4.78 is 10.4. The highest BCUT2D eigenvalue weighted by Gasteiger charge is 2.00. The number of aromatic hydroxyl groups is 1. The predicted octanol–water partition coefficient (Wildman–Crippen LogP) is 3.22. The lowest BCUT2D eigenvalue weighted by atomic mass is 10.3. The van der Waals surface area contributed by atoms with Gasteiger partial charge in [0.15, 0.2) is 0 Å². The van der Waals surface area contributed by atoms with Gasteiger partial charge in [0.25, 0.3) is 0 Å². The van der Waals surface area contributed by atoms with Gasteiger partial charge in [-0.3, -0.25) is 0 Å². The van der Waals surface area contributed by atoms with Crippen LogP contribution in [-0.4, -0.2) is 5.11 Å². The number of phenolic OH excluding ortho intramolecular Hbond substituents is 1. The Bertz CT molecular complexity index is 335. The van der Waals surface area contributed by atoms with Crippen LogP contribution in [0.2, 0.25) is 0 Å². The first-order valence-electron chi connectivity index (χ1n) is 4.66. The molecule has 0 heterocycles. The van der Waals surface area contributed by atoms with E-state index in [-0.39, 0.29) is 5.75 Å². The highest BCUT2D eigenvalue weighted by atomic mass is 16.5. The van der Waals surface area contributed by atoms with Crippen LogP contribution in [0.4, 0.5) is 0 Å². The van der Waals surface area contributed by atoms with Gasteiger partial charge in [0.1, 0.15) is 17.2 Å². The van der Waals surface area contributed by atoms with Crippen molar-refractivity contribution >= 4 is 0 Å². The van der Waals surface area contributed by atoms with Gasteiger partial charge in [-0.25, -0.2) is 0 Å². The molecular formula is C12H14O3. The molecule has 1 rings (SSSR count). The second kappa shape index (κ2) is 5.75. The molecule has 0 fully saturated rings. The number of allylic oxidation sites excluding steroid dienone is 2. The molecule has 0 bridgehead atoms. The second-order valence-electron chi connectivity index (χ2n) is 2.84. The molecule has 0 radical (unpaired) electrons. The molecule has 1 aromatic rings. The summed E-state index contributed by atoms with van der Waals surface area (Å²) in [6, 6.07) is 4.73. The zero-order chi connectivity index (χ0) is 11.1. The number of benzene rings is 1. The first-order valence-corrected chi connectivity index (χ1v) is 4.66. The van der Waals surface area contributed by atoms with Gasteiger partial charge in [0, 0.05) is 18.2 Å². The Kier molecular flexibility index (Phi) is 4.29. The summed E-state index contributed by atoms with van der Waals surface area (Å²) in [6.45, 7) is 3.69. The summed E-state index contributed by atoms with van der Waals surface area (Å²) in [5.74, 6) is 1.18. The van der Waals surface area contributed by atoms with Crippen molar-refractivity contribution in [1.29, 1.82) is 0 Å². The molecule has 80 valence electrons. The zero-order valence-electron chi connectivity index (χ0n) is 8.81. The quantitative estimate of drug-likeness (QED) is 0.769. The predicted molar refractivity (Wildman–Crippen MR) is 59.0 cm³/mol. The Morgan fingerprint density at radius 2 is 1.40 bits per heavy atom. The molecule has 0 atom stereocenters. The normalized spacial score (nSPS) is 11.1. The molecule has 0 aliphatic heterocycles. The molecule has 1 aromatic carbocycles. The number of ether oxygens (including phenoxy) is 2. The lowest BCUT2D eigenvalue weighted by Gasteiger charge is -2.04. The molecule has 3 nitrogen and oxygen atoms in total. The lowest BCUT2D eigenvalue weighted by molar-refractivity contribution is 0.434.